The minimum atomic E-state index is -3.48. The van der Waals surface area contributed by atoms with Crippen LogP contribution in [0.15, 0.2) is 66.1 Å². The van der Waals surface area contributed by atoms with E-state index in [4.69, 9.17) is 0 Å². The number of carbonyl (C=O) groups excluding carboxylic acids is 1. The van der Waals surface area contributed by atoms with Gasteiger partial charge in [0.05, 0.1) is 6.04 Å². The van der Waals surface area contributed by atoms with Gasteiger partial charge in [0.2, 0.25) is 15.9 Å². The topological polar surface area (TPSA) is 69.7 Å². The van der Waals surface area contributed by atoms with Crippen LogP contribution in [0.2, 0.25) is 0 Å². The number of hydrogen-bond acceptors (Lipinski definition) is 4. The number of hydrogen-bond donors (Lipinski definition) is 1. The Morgan fingerprint density at radius 3 is 2.16 bits per heavy atom. The maximum atomic E-state index is 12.6. The Bertz CT molecular complexity index is 970. The van der Waals surface area contributed by atoms with E-state index in [-0.39, 0.29) is 17.9 Å². The number of carbonyl (C=O) groups is 1. The van der Waals surface area contributed by atoms with E-state index < -0.39 is 10.0 Å². The van der Waals surface area contributed by atoms with E-state index in [1.807, 2.05) is 60.4 Å². The average molecular weight is 442 g/mol. The van der Waals surface area contributed by atoms with Gasteiger partial charge in [-0.25, -0.2) is 8.42 Å². The van der Waals surface area contributed by atoms with Gasteiger partial charge in [0.1, 0.15) is 0 Å². The molecule has 0 bridgehead atoms. The highest BCUT2D eigenvalue weighted by Gasteiger charge is 2.29. The van der Waals surface area contributed by atoms with E-state index >= 15 is 0 Å². The number of piperazine rings is 1. The number of nitrogens with one attached hydrogen (secondary N) is 1. The summed E-state index contributed by atoms with van der Waals surface area (Å²) in [6.45, 7) is 6.35. The molecule has 0 spiro atoms. The zero-order valence-electron chi connectivity index (χ0n) is 18.1. The van der Waals surface area contributed by atoms with Crippen molar-refractivity contribution in [2.75, 3.05) is 32.7 Å². The third kappa shape index (κ3) is 6.50. The quantitative estimate of drug-likeness (QED) is 0.684. The third-order valence-electron chi connectivity index (χ3n) is 5.74. The van der Waals surface area contributed by atoms with Crippen LogP contribution in [0, 0.1) is 0 Å². The van der Waals surface area contributed by atoms with Crippen LogP contribution in [0.1, 0.15) is 30.9 Å². The summed E-state index contributed by atoms with van der Waals surface area (Å²) in [5.74, 6) is 0.207. The van der Waals surface area contributed by atoms with Gasteiger partial charge in [0, 0.05) is 38.1 Å². The molecule has 1 N–H and O–H groups in total. The molecule has 2 atom stereocenters. The van der Waals surface area contributed by atoms with E-state index in [9.17, 15) is 13.2 Å². The molecule has 0 aromatic heterocycles. The fraction of sp³-hybridized carbons (Fsp3) is 0.375. The highest BCUT2D eigenvalue weighted by molar-refractivity contribution is 7.92. The first-order chi connectivity index (χ1) is 14.9. The lowest BCUT2D eigenvalue weighted by Crippen LogP contribution is -2.54. The lowest BCUT2D eigenvalue weighted by atomic mass is 10.0. The molecule has 1 amide bonds. The Labute approximate surface area is 185 Å². The first-order valence-electron chi connectivity index (χ1n) is 10.7. The van der Waals surface area contributed by atoms with Gasteiger partial charge in [0.15, 0.2) is 0 Å². The second-order valence-corrected chi connectivity index (χ2v) is 9.74. The molecule has 2 aromatic carbocycles. The largest absolute Gasteiger partial charge is 0.354 e. The Balaban J connectivity index is 1.48. The summed E-state index contributed by atoms with van der Waals surface area (Å²) in [4.78, 5) is 14.7. The van der Waals surface area contributed by atoms with Gasteiger partial charge in [-0.05, 0) is 30.0 Å². The monoisotopic (exact) mass is 441 g/mol. The normalized spacial score (nSPS) is 18.0. The summed E-state index contributed by atoms with van der Waals surface area (Å²) < 4.78 is 26.7. The fourth-order valence-corrected chi connectivity index (χ4v) is 4.80. The Hall–Kier alpha value is -2.48. The van der Waals surface area contributed by atoms with Crippen LogP contribution in [-0.2, 0) is 14.8 Å². The lowest BCUT2D eigenvalue weighted by molar-refractivity contribution is -0.126. The van der Waals surface area contributed by atoms with E-state index in [2.05, 4.69) is 24.4 Å². The molecule has 3 rings (SSSR count). The zero-order valence-corrected chi connectivity index (χ0v) is 19.0. The van der Waals surface area contributed by atoms with Crippen molar-refractivity contribution < 1.29 is 13.2 Å². The number of sulfonamides is 1. The fourth-order valence-electron chi connectivity index (χ4n) is 3.63. The van der Waals surface area contributed by atoms with Crippen LogP contribution in [0.5, 0.6) is 0 Å². The summed E-state index contributed by atoms with van der Waals surface area (Å²) >= 11 is 0. The lowest BCUT2D eigenvalue weighted by Gasteiger charge is -2.36. The smallest absolute Gasteiger partial charge is 0.237 e. The van der Waals surface area contributed by atoms with E-state index in [0.717, 1.165) is 5.56 Å². The Morgan fingerprint density at radius 2 is 1.55 bits per heavy atom. The summed E-state index contributed by atoms with van der Waals surface area (Å²) in [6, 6.07) is 19.2. The molecule has 0 saturated carbocycles. The highest BCUT2D eigenvalue weighted by Crippen LogP contribution is 2.15. The first-order valence-corrected chi connectivity index (χ1v) is 12.2. The van der Waals surface area contributed by atoms with Gasteiger partial charge in [0.25, 0.3) is 0 Å². The molecule has 166 valence electrons. The van der Waals surface area contributed by atoms with Crippen molar-refractivity contribution in [2.45, 2.75) is 25.8 Å². The van der Waals surface area contributed by atoms with Crippen molar-refractivity contribution in [3.05, 3.63) is 77.2 Å². The van der Waals surface area contributed by atoms with Crippen molar-refractivity contribution in [1.82, 2.24) is 14.5 Å². The molecule has 31 heavy (non-hydrogen) atoms. The molecule has 6 nitrogen and oxygen atoms in total. The minimum Gasteiger partial charge on any atom is -0.354 e. The van der Waals surface area contributed by atoms with Crippen LogP contribution in [0.4, 0.5) is 0 Å². The van der Waals surface area contributed by atoms with E-state index in [0.29, 0.717) is 32.7 Å². The average Bonchev–Trinajstić information content (AvgIpc) is 2.82. The van der Waals surface area contributed by atoms with Crippen molar-refractivity contribution in [2.24, 2.45) is 0 Å². The van der Waals surface area contributed by atoms with Gasteiger partial charge in [-0.3, -0.25) is 9.69 Å². The predicted octanol–water partition coefficient (Wildman–Crippen LogP) is 2.91. The number of rotatable bonds is 8. The van der Waals surface area contributed by atoms with Crippen molar-refractivity contribution in [1.29, 1.82) is 0 Å². The van der Waals surface area contributed by atoms with Crippen LogP contribution >= 0.6 is 0 Å². The van der Waals surface area contributed by atoms with Gasteiger partial charge >= 0.3 is 0 Å². The first kappa shape index (κ1) is 23.2. The predicted molar refractivity (Wildman–Crippen MR) is 125 cm³/mol. The van der Waals surface area contributed by atoms with Gasteiger partial charge < -0.3 is 5.32 Å². The molecule has 0 radical (unpaired) electrons. The molecule has 1 fully saturated rings. The summed E-state index contributed by atoms with van der Waals surface area (Å²) in [7, 11) is -3.48. The molecular weight excluding hydrogens is 410 g/mol. The van der Waals surface area contributed by atoms with Crippen LogP contribution in [0.25, 0.3) is 6.08 Å². The summed E-state index contributed by atoms with van der Waals surface area (Å²) in [6.07, 6.45) is 1.62. The maximum absolute atomic E-state index is 12.6. The van der Waals surface area contributed by atoms with E-state index in [1.54, 1.807) is 6.08 Å². The maximum Gasteiger partial charge on any atom is 0.237 e. The van der Waals surface area contributed by atoms with E-state index in [1.165, 1.54) is 15.3 Å². The SMILES string of the molecule is CC(CNC(=O)C(C)N1CCN(S(=O)(=O)/C=C/c2ccccc2)CC1)c1ccccc1. The molecule has 2 unspecified atom stereocenters. The summed E-state index contributed by atoms with van der Waals surface area (Å²) in [5.41, 5.74) is 2.04. The second kappa shape index (κ2) is 10.7. The molecule has 1 saturated heterocycles. The van der Waals surface area contributed by atoms with Crippen molar-refractivity contribution in [3.8, 4) is 0 Å². The van der Waals surface area contributed by atoms with Gasteiger partial charge in [-0.2, -0.15) is 4.31 Å². The molecular formula is C24H31N3O3S. The number of nitrogens with zero attached hydrogens (tertiary/aromatic N) is 2. The summed E-state index contributed by atoms with van der Waals surface area (Å²) in [5, 5.41) is 4.30. The molecule has 0 aliphatic carbocycles. The number of amides is 1. The Morgan fingerprint density at radius 1 is 0.968 bits per heavy atom. The molecule has 1 aliphatic rings. The molecule has 1 aliphatic heterocycles. The second-order valence-electron chi connectivity index (χ2n) is 7.93. The van der Waals surface area contributed by atoms with Crippen molar-refractivity contribution >= 4 is 22.0 Å². The van der Waals surface area contributed by atoms with Crippen molar-refractivity contribution in [3.63, 3.8) is 0 Å². The molecule has 7 heteroatoms. The Kier molecular flexibility index (Phi) is 8.01. The third-order valence-corrected chi connectivity index (χ3v) is 7.31. The van der Waals surface area contributed by atoms with Crippen LogP contribution in [-0.4, -0.2) is 62.3 Å². The van der Waals surface area contributed by atoms with Crippen LogP contribution in [0.3, 0.4) is 0 Å². The number of benzene rings is 2. The molecule has 1 heterocycles. The highest BCUT2D eigenvalue weighted by atomic mass is 32.2. The zero-order chi connectivity index (χ0) is 22.3. The van der Waals surface area contributed by atoms with Crippen LogP contribution < -0.4 is 5.32 Å². The van der Waals surface area contributed by atoms with Gasteiger partial charge in [-0.15, -0.1) is 0 Å². The van der Waals surface area contributed by atoms with Gasteiger partial charge in [-0.1, -0.05) is 67.6 Å². The minimum absolute atomic E-state index is 0.0249. The standard InChI is InChI=1S/C24H31N3O3S/c1-20(23-11-7-4-8-12-23)19-25-24(28)21(2)26-14-16-27(17-15-26)31(29,30)18-13-22-9-5-3-6-10-22/h3-13,18,20-21H,14-17,19H2,1-2H3,(H,25,28)/b18-13+. The molecule has 2 aromatic rings.